The molecule has 0 aliphatic heterocycles. The maximum Gasteiger partial charge on any atom is 0.242 e. The number of halogens is 2. The van der Waals surface area contributed by atoms with Crippen molar-refractivity contribution in [3.63, 3.8) is 0 Å². The largest absolute Gasteiger partial charge is 0.493 e. The quantitative estimate of drug-likeness (QED) is 0.679. The molecule has 1 heterocycles. The van der Waals surface area contributed by atoms with Gasteiger partial charge in [0.2, 0.25) is 6.43 Å². The Balaban J connectivity index is 1.86. The number of alkyl halides is 2. The van der Waals surface area contributed by atoms with E-state index in [-0.39, 0.29) is 12.2 Å². The third-order valence-electron chi connectivity index (χ3n) is 3.90. The van der Waals surface area contributed by atoms with E-state index in [0.717, 1.165) is 5.56 Å². The molecule has 138 valence electrons. The van der Waals surface area contributed by atoms with Crippen LogP contribution in [0.3, 0.4) is 0 Å². The molecule has 5 nitrogen and oxygen atoms in total. The Morgan fingerprint density at radius 2 is 2.00 bits per heavy atom. The molecule has 3 aromatic rings. The van der Waals surface area contributed by atoms with E-state index in [9.17, 15) is 13.0 Å². The van der Waals surface area contributed by atoms with Gasteiger partial charge in [0.25, 0.3) is 0 Å². The first kappa shape index (κ1) is 18.3. The molecule has 2 aromatic carbocycles. The standard InChI is InChI=1S/C18H18F2N2O3S/c1-24-15-5-3-4-12(17(15)25-2)10-26(23)18-21-13-7-6-11(9-16(19)20)8-14(13)22-18/h3-8,16H,9-10H2,1-2H3,(H,21,22). The van der Waals surface area contributed by atoms with E-state index in [0.29, 0.717) is 33.3 Å². The fourth-order valence-corrected chi connectivity index (χ4v) is 3.79. The maximum atomic E-state index is 12.7. The molecular formula is C18H18F2N2O3S. The molecule has 0 bridgehead atoms. The number of para-hydroxylation sites is 1. The fourth-order valence-electron chi connectivity index (χ4n) is 2.72. The van der Waals surface area contributed by atoms with E-state index in [1.54, 1.807) is 30.3 Å². The van der Waals surface area contributed by atoms with Crippen LogP contribution in [0.5, 0.6) is 11.5 Å². The molecule has 8 heteroatoms. The maximum absolute atomic E-state index is 12.7. The van der Waals surface area contributed by atoms with E-state index in [4.69, 9.17) is 9.47 Å². The second-order valence-corrected chi connectivity index (χ2v) is 7.00. The van der Waals surface area contributed by atoms with Gasteiger partial charge in [0, 0.05) is 12.0 Å². The van der Waals surface area contributed by atoms with Crippen LogP contribution in [0.25, 0.3) is 11.0 Å². The average Bonchev–Trinajstić information content (AvgIpc) is 3.04. The zero-order valence-corrected chi connectivity index (χ0v) is 15.1. The van der Waals surface area contributed by atoms with Crippen LogP contribution in [0.1, 0.15) is 11.1 Å². The van der Waals surface area contributed by atoms with Crippen molar-refractivity contribution in [3.05, 3.63) is 47.5 Å². The van der Waals surface area contributed by atoms with Gasteiger partial charge in [0.15, 0.2) is 16.7 Å². The molecule has 0 saturated carbocycles. The molecule has 1 N–H and O–H groups in total. The minimum absolute atomic E-state index is 0.185. The van der Waals surface area contributed by atoms with Gasteiger partial charge in [0.05, 0.1) is 41.8 Å². The van der Waals surface area contributed by atoms with Gasteiger partial charge in [-0.1, -0.05) is 18.2 Å². The van der Waals surface area contributed by atoms with Crippen molar-refractivity contribution in [2.75, 3.05) is 14.2 Å². The van der Waals surface area contributed by atoms with E-state index >= 15 is 0 Å². The van der Waals surface area contributed by atoms with E-state index in [1.807, 2.05) is 6.07 Å². The second-order valence-electron chi connectivity index (χ2n) is 5.63. The summed E-state index contributed by atoms with van der Waals surface area (Å²) in [7, 11) is 1.60. The summed E-state index contributed by atoms with van der Waals surface area (Å²) in [5.41, 5.74) is 2.40. The van der Waals surface area contributed by atoms with E-state index in [2.05, 4.69) is 9.97 Å². The summed E-state index contributed by atoms with van der Waals surface area (Å²) in [6.07, 6.45) is -2.74. The molecule has 0 aliphatic rings. The van der Waals surface area contributed by atoms with Crippen LogP contribution >= 0.6 is 0 Å². The SMILES string of the molecule is COc1cccc(CS(=O)c2nc3ccc(CC(F)F)cc3[nH]2)c1OC. The van der Waals surface area contributed by atoms with Crippen molar-refractivity contribution in [1.82, 2.24) is 9.97 Å². The number of fused-ring (bicyclic) bond motifs is 1. The lowest BCUT2D eigenvalue weighted by Crippen LogP contribution is -2.02. The van der Waals surface area contributed by atoms with Gasteiger partial charge in [0.1, 0.15) is 0 Å². The predicted octanol–water partition coefficient (Wildman–Crippen LogP) is 3.70. The summed E-state index contributed by atoms with van der Waals surface area (Å²) in [6, 6.07) is 10.2. The number of H-pyrrole nitrogens is 1. The van der Waals surface area contributed by atoms with Crippen LogP contribution in [-0.4, -0.2) is 34.8 Å². The second kappa shape index (κ2) is 7.82. The summed E-state index contributed by atoms with van der Waals surface area (Å²) in [5.74, 6) is 1.27. The number of benzene rings is 2. The number of aromatic amines is 1. The third-order valence-corrected chi connectivity index (χ3v) is 5.10. The molecular weight excluding hydrogens is 362 g/mol. The van der Waals surface area contributed by atoms with Crippen LogP contribution in [0.15, 0.2) is 41.6 Å². The van der Waals surface area contributed by atoms with Crippen LogP contribution in [0.4, 0.5) is 8.78 Å². The highest BCUT2D eigenvalue weighted by Gasteiger charge is 2.16. The Hall–Kier alpha value is -2.48. The number of ether oxygens (including phenoxy) is 2. The molecule has 0 radical (unpaired) electrons. The van der Waals surface area contributed by atoms with Crippen LogP contribution < -0.4 is 9.47 Å². The Bertz CT molecular complexity index is 943. The van der Waals surface area contributed by atoms with Crippen molar-refractivity contribution in [2.24, 2.45) is 0 Å². The molecule has 0 fully saturated rings. The number of rotatable bonds is 7. The molecule has 0 spiro atoms. The molecule has 1 atom stereocenters. The molecule has 1 aromatic heterocycles. The number of methoxy groups -OCH3 is 2. The molecule has 1 unspecified atom stereocenters. The number of hydrogen-bond acceptors (Lipinski definition) is 4. The number of nitrogens with one attached hydrogen (secondary N) is 1. The van der Waals surface area contributed by atoms with Crippen LogP contribution in [-0.2, 0) is 23.0 Å². The summed E-state index contributed by atoms with van der Waals surface area (Å²) in [4.78, 5) is 7.28. The highest BCUT2D eigenvalue weighted by atomic mass is 32.2. The van der Waals surface area contributed by atoms with Gasteiger partial charge < -0.3 is 14.5 Å². The summed E-state index contributed by atoms with van der Waals surface area (Å²) >= 11 is 0. The van der Waals surface area contributed by atoms with Gasteiger partial charge >= 0.3 is 0 Å². The minimum atomic E-state index is -2.41. The fraction of sp³-hybridized carbons (Fsp3) is 0.278. The number of aromatic nitrogens is 2. The molecule has 0 amide bonds. The third kappa shape index (κ3) is 3.85. The van der Waals surface area contributed by atoms with Gasteiger partial charge in [-0.15, -0.1) is 0 Å². The minimum Gasteiger partial charge on any atom is -0.493 e. The van der Waals surface area contributed by atoms with Gasteiger partial charge in [-0.3, -0.25) is 4.21 Å². The predicted molar refractivity (Wildman–Crippen MR) is 95.5 cm³/mol. The average molecular weight is 380 g/mol. The highest BCUT2D eigenvalue weighted by Crippen LogP contribution is 2.32. The number of hydrogen-bond donors (Lipinski definition) is 1. The highest BCUT2D eigenvalue weighted by molar-refractivity contribution is 7.84. The van der Waals surface area contributed by atoms with Crippen molar-refractivity contribution < 1.29 is 22.5 Å². The normalized spacial score (nSPS) is 12.5. The topological polar surface area (TPSA) is 64.2 Å². The lowest BCUT2D eigenvalue weighted by atomic mass is 10.1. The Labute approximate surface area is 151 Å². The van der Waals surface area contributed by atoms with Crippen molar-refractivity contribution in [2.45, 2.75) is 23.8 Å². The summed E-state index contributed by atoms with van der Waals surface area (Å²) < 4.78 is 48.4. The Morgan fingerprint density at radius 1 is 1.19 bits per heavy atom. The van der Waals surface area contributed by atoms with Gasteiger partial charge in [-0.25, -0.2) is 13.8 Å². The van der Waals surface area contributed by atoms with E-state index < -0.39 is 17.2 Å². The van der Waals surface area contributed by atoms with E-state index in [1.165, 1.54) is 14.2 Å². The number of imidazole rings is 1. The molecule has 26 heavy (non-hydrogen) atoms. The Morgan fingerprint density at radius 3 is 2.69 bits per heavy atom. The zero-order chi connectivity index (χ0) is 18.7. The first-order valence-corrected chi connectivity index (χ1v) is 9.18. The zero-order valence-electron chi connectivity index (χ0n) is 14.3. The monoisotopic (exact) mass is 380 g/mol. The first-order chi connectivity index (χ1) is 12.5. The summed E-state index contributed by atoms with van der Waals surface area (Å²) in [5, 5.41) is 0.291. The van der Waals surface area contributed by atoms with Gasteiger partial charge in [-0.05, 0) is 23.8 Å². The lowest BCUT2D eigenvalue weighted by molar-refractivity contribution is 0.149. The molecule has 0 saturated heterocycles. The lowest BCUT2D eigenvalue weighted by Gasteiger charge is -2.11. The summed E-state index contributed by atoms with van der Waals surface area (Å²) in [6.45, 7) is 0. The molecule has 3 rings (SSSR count). The first-order valence-electron chi connectivity index (χ1n) is 7.87. The van der Waals surface area contributed by atoms with Crippen molar-refractivity contribution in [1.29, 1.82) is 0 Å². The van der Waals surface area contributed by atoms with Crippen LogP contribution in [0.2, 0.25) is 0 Å². The van der Waals surface area contributed by atoms with Crippen molar-refractivity contribution >= 4 is 21.8 Å². The van der Waals surface area contributed by atoms with Gasteiger partial charge in [-0.2, -0.15) is 0 Å². The number of nitrogens with zero attached hydrogens (tertiary/aromatic N) is 1. The smallest absolute Gasteiger partial charge is 0.242 e. The van der Waals surface area contributed by atoms with Crippen LogP contribution in [0, 0.1) is 0 Å². The van der Waals surface area contributed by atoms with Crippen molar-refractivity contribution in [3.8, 4) is 11.5 Å². The molecule has 0 aliphatic carbocycles. The Kier molecular flexibility index (Phi) is 5.51.